The Morgan fingerprint density at radius 2 is 1.66 bits per heavy atom. The number of benzene rings is 2. The van der Waals surface area contributed by atoms with Crippen molar-refractivity contribution in [3.05, 3.63) is 55.8 Å². The molecule has 2 N–H and O–H groups in total. The molecule has 0 heterocycles. The lowest BCUT2D eigenvalue weighted by Crippen LogP contribution is -2.64. The maximum absolute atomic E-state index is 13.5. The fourth-order valence-corrected chi connectivity index (χ4v) is 5.12. The minimum Gasteiger partial charge on any atom is -0.484 e. The molecule has 0 radical (unpaired) electrons. The van der Waals surface area contributed by atoms with E-state index in [2.05, 4.69) is 33.2 Å². The molecule has 0 saturated heterocycles. The minimum atomic E-state index is -0.606. The average molecular weight is 593 g/mol. The summed E-state index contributed by atoms with van der Waals surface area (Å²) in [6.45, 7) is 1.63. The molecule has 2 saturated carbocycles. The molecule has 2 aliphatic carbocycles. The summed E-state index contributed by atoms with van der Waals surface area (Å²) in [5, 5.41) is 6.62. The highest BCUT2D eigenvalue weighted by molar-refractivity contribution is 14.1. The van der Waals surface area contributed by atoms with Crippen molar-refractivity contribution in [1.82, 2.24) is 10.6 Å². The van der Waals surface area contributed by atoms with Gasteiger partial charge in [0.2, 0.25) is 0 Å². The first-order valence-electron chi connectivity index (χ1n) is 9.88. The maximum atomic E-state index is 13.5. The molecule has 3 unspecified atom stereocenters. The Hall–Kier alpha value is -1.78. The molecule has 0 bridgehead atoms. The number of ether oxygens (including phenoxy) is 2. The first-order chi connectivity index (χ1) is 15.1. The first kappa shape index (κ1) is 23.4. The number of nitrogens with one attached hydrogen (secondary N) is 2. The van der Waals surface area contributed by atoms with Gasteiger partial charge in [-0.3, -0.25) is 9.59 Å². The summed E-state index contributed by atoms with van der Waals surface area (Å²) in [5.74, 6) is -0.179. The Morgan fingerprint density at radius 3 is 2.25 bits per heavy atom. The molecule has 6 nitrogen and oxygen atoms in total. The van der Waals surface area contributed by atoms with Crippen LogP contribution in [-0.2, 0) is 9.59 Å². The molecule has 4 rings (SSSR count). The highest BCUT2D eigenvalue weighted by atomic mass is 127. The van der Waals surface area contributed by atoms with Crippen LogP contribution in [0.5, 0.6) is 11.5 Å². The molecule has 0 aromatic heterocycles. The lowest BCUT2D eigenvalue weighted by molar-refractivity contribution is -0.127. The van der Waals surface area contributed by atoms with E-state index in [1.807, 2.05) is 6.92 Å². The Morgan fingerprint density at radius 1 is 1.06 bits per heavy atom. The Balaban J connectivity index is 1.21. The number of hydrogen-bond acceptors (Lipinski definition) is 4. The SMILES string of the molecule is CC1(NC(=O)COc2ccc(Cl)c(I)c2)CC2(NC(=O)COc3ccc(Cl)c(F)c3)CC12. The van der Waals surface area contributed by atoms with E-state index in [0.717, 1.165) is 16.1 Å². The highest BCUT2D eigenvalue weighted by Crippen LogP contribution is 2.65. The second-order valence-corrected chi connectivity index (χ2v) is 10.3. The smallest absolute Gasteiger partial charge is 0.258 e. The number of halogens is 4. The number of hydrogen-bond donors (Lipinski definition) is 2. The van der Waals surface area contributed by atoms with Crippen LogP contribution in [0.15, 0.2) is 36.4 Å². The van der Waals surface area contributed by atoms with Crippen LogP contribution in [0.25, 0.3) is 0 Å². The van der Waals surface area contributed by atoms with Gasteiger partial charge in [0.15, 0.2) is 13.2 Å². The third-order valence-corrected chi connectivity index (χ3v) is 7.71. The topological polar surface area (TPSA) is 76.7 Å². The van der Waals surface area contributed by atoms with E-state index in [9.17, 15) is 14.0 Å². The lowest BCUT2D eigenvalue weighted by Gasteiger charge is -2.45. The van der Waals surface area contributed by atoms with E-state index >= 15 is 0 Å². The molecule has 2 amide bonds. The highest BCUT2D eigenvalue weighted by Gasteiger charge is 2.74. The van der Waals surface area contributed by atoms with Gasteiger partial charge in [-0.2, -0.15) is 0 Å². The van der Waals surface area contributed by atoms with Crippen molar-refractivity contribution in [2.75, 3.05) is 13.2 Å². The maximum Gasteiger partial charge on any atom is 0.258 e. The van der Waals surface area contributed by atoms with E-state index < -0.39 is 11.4 Å². The van der Waals surface area contributed by atoms with Crippen molar-refractivity contribution in [3.63, 3.8) is 0 Å². The van der Waals surface area contributed by atoms with Crippen LogP contribution < -0.4 is 20.1 Å². The summed E-state index contributed by atoms with van der Waals surface area (Å²) in [5.41, 5.74) is -0.719. The van der Waals surface area contributed by atoms with E-state index in [0.29, 0.717) is 17.2 Å². The summed E-state index contributed by atoms with van der Waals surface area (Å²) in [4.78, 5) is 24.6. The first-order valence-corrected chi connectivity index (χ1v) is 11.7. The summed E-state index contributed by atoms with van der Waals surface area (Å²) in [7, 11) is 0. The molecular weight excluding hydrogens is 573 g/mol. The normalized spacial score (nSPS) is 25.2. The molecule has 2 fully saturated rings. The molecule has 2 aliphatic rings. The average Bonchev–Trinajstić information content (AvgIpc) is 3.36. The monoisotopic (exact) mass is 592 g/mol. The largest absolute Gasteiger partial charge is 0.484 e. The van der Waals surface area contributed by atoms with E-state index in [1.165, 1.54) is 12.1 Å². The van der Waals surface area contributed by atoms with Gasteiger partial charge in [0.05, 0.1) is 10.0 Å². The van der Waals surface area contributed by atoms with Crippen LogP contribution in [-0.4, -0.2) is 36.1 Å². The molecule has 32 heavy (non-hydrogen) atoms. The van der Waals surface area contributed by atoms with Gasteiger partial charge >= 0.3 is 0 Å². The molecule has 170 valence electrons. The van der Waals surface area contributed by atoms with Gasteiger partial charge in [-0.25, -0.2) is 4.39 Å². The van der Waals surface area contributed by atoms with Gasteiger partial charge in [-0.15, -0.1) is 0 Å². The van der Waals surface area contributed by atoms with Gasteiger partial charge in [-0.05, 0) is 72.7 Å². The van der Waals surface area contributed by atoms with Crippen molar-refractivity contribution in [2.45, 2.75) is 30.8 Å². The van der Waals surface area contributed by atoms with E-state index in [-0.39, 0.29) is 47.3 Å². The Labute approximate surface area is 208 Å². The Kier molecular flexibility index (Phi) is 6.48. The molecule has 2 aromatic carbocycles. The number of carbonyl (C=O) groups excluding carboxylic acids is 2. The van der Waals surface area contributed by atoms with E-state index in [4.69, 9.17) is 32.7 Å². The second kappa shape index (κ2) is 8.87. The fourth-order valence-electron chi connectivity index (χ4n) is 4.40. The number of amides is 2. The molecular formula is C22H20Cl2FIN2O4. The zero-order valence-corrected chi connectivity index (χ0v) is 20.7. The molecule has 0 aliphatic heterocycles. The van der Waals surface area contributed by atoms with Gasteiger partial charge < -0.3 is 20.1 Å². The van der Waals surface area contributed by atoms with Crippen LogP contribution in [0.2, 0.25) is 10.0 Å². The Bertz CT molecular complexity index is 1090. The summed E-state index contributed by atoms with van der Waals surface area (Å²) >= 11 is 13.7. The number of carbonyl (C=O) groups is 2. The zero-order chi connectivity index (χ0) is 23.1. The van der Waals surface area contributed by atoms with Gasteiger partial charge in [-0.1, -0.05) is 23.2 Å². The predicted molar refractivity (Wildman–Crippen MR) is 127 cm³/mol. The fraction of sp³-hybridized carbons (Fsp3) is 0.364. The standard InChI is InChI=1S/C22H20Cl2FIN2O4/c1-21(27-19(29)9-32-13-3-5-15(24)17(26)7-13)11-22(8-18(21)22)28-20(30)10-31-12-2-4-14(23)16(25)6-12/h2-7,18H,8-11H2,1H3,(H,27,29)(H,28,30). The van der Waals surface area contributed by atoms with Crippen molar-refractivity contribution < 1.29 is 23.5 Å². The minimum absolute atomic E-state index is 0.00867. The van der Waals surface area contributed by atoms with Crippen LogP contribution >= 0.6 is 45.8 Å². The van der Waals surface area contributed by atoms with Gasteiger partial charge in [0.1, 0.15) is 17.3 Å². The van der Waals surface area contributed by atoms with Crippen LogP contribution in [0.4, 0.5) is 4.39 Å². The van der Waals surface area contributed by atoms with Crippen LogP contribution in [0, 0.1) is 15.3 Å². The van der Waals surface area contributed by atoms with Crippen molar-refractivity contribution in [3.8, 4) is 11.5 Å². The van der Waals surface area contributed by atoms with Gasteiger partial charge in [0, 0.05) is 26.6 Å². The predicted octanol–water partition coefficient (Wildman–Crippen LogP) is 4.35. The summed E-state index contributed by atoms with van der Waals surface area (Å²) < 4.78 is 25.2. The molecule has 0 spiro atoms. The summed E-state index contributed by atoms with van der Waals surface area (Å²) in [6.07, 6.45) is 1.40. The van der Waals surface area contributed by atoms with E-state index in [1.54, 1.807) is 18.2 Å². The zero-order valence-electron chi connectivity index (χ0n) is 17.0. The second-order valence-electron chi connectivity index (χ2n) is 8.33. The van der Waals surface area contributed by atoms with Crippen LogP contribution in [0.3, 0.4) is 0 Å². The molecule has 3 atom stereocenters. The van der Waals surface area contributed by atoms with Gasteiger partial charge in [0.25, 0.3) is 11.8 Å². The third kappa shape index (κ3) is 4.92. The third-order valence-electron chi connectivity index (χ3n) is 5.86. The lowest BCUT2D eigenvalue weighted by atomic mass is 9.74. The number of rotatable bonds is 8. The van der Waals surface area contributed by atoms with Crippen molar-refractivity contribution in [2.24, 2.45) is 5.92 Å². The summed E-state index contributed by atoms with van der Waals surface area (Å²) in [6, 6.07) is 9.21. The molecule has 10 heteroatoms. The quantitative estimate of drug-likeness (QED) is 0.447. The van der Waals surface area contributed by atoms with Crippen molar-refractivity contribution >= 4 is 57.6 Å². The van der Waals surface area contributed by atoms with Crippen LogP contribution in [0.1, 0.15) is 19.8 Å². The van der Waals surface area contributed by atoms with Crippen molar-refractivity contribution in [1.29, 1.82) is 0 Å². The molecule has 2 aromatic rings. The number of fused-ring (bicyclic) bond motifs is 1.